The number of amides is 1. The SMILES string of the molecule is CCC(C)(NC(=O)c1ccc(Cl)c(Cl)c1)/C(N)=N/O. The Kier molecular flexibility index (Phi) is 5.03. The summed E-state index contributed by atoms with van der Waals surface area (Å²) in [6.07, 6.45) is 0.468. The molecule has 0 bridgehead atoms. The topological polar surface area (TPSA) is 87.7 Å². The number of rotatable bonds is 4. The number of amidine groups is 1. The van der Waals surface area contributed by atoms with Crippen molar-refractivity contribution in [1.29, 1.82) is 0 Å². The number of nitrogens with one attached hydrogen (secondary N) is 1. The van der Waals surface area contributed by atoms with Gasteiger partial charge in [0.15, 0.2) is 5.84 Å². The van der Waals surface area contributed by atoms with E-state index in [4.69, 9.17) is 34.1 Å². The summed E-state index contributed by atoms with van der Waals surface area (Å²) in [7, 11) is 0. The van der Waals surface area contributed by atoms with E-state index in [0.29, 0.717) is 17.0 Å². The van der Waals surface area contributed by atoms with Gasteiger partial charge < -0.3 is 16.3 Å². The van der Waals surface area contributed by atoms with Crippen LogP contribution in [0.15, 0.2) is 23.4 Å². The number of nitrogens with two attached hydrogens (primary N) is 1. The molecule has 19 heavy (non-hydrogen) atoms. The van der Waals surface area contributed by atoms with E-state index < -0.39 is 5.54 Å². The molecule has 0 saturated carbocycles. The van der Waals surface area contributed by atoms with Crippen molar-refractivity contribution in [2.24, 2.45) is 10.9 Å². The third-order valence-corrected chi connectivity index (χ3v) is 3.69. The van der Waals surface area contributed by atoms with Crippen LogP contribution >= 0.6 is 23.2 Å². The number of benzene rings is 1. The molecule has 1 amide bonds. The fourth-order valence-electron chi connectivity index (χ4n) is 1.40. The van der Waals surface area contributed by atoms with Crippen LogP contribution in [0, 0.1) is 0 Å². The third kappa shape index (κ3) is 3.52. The number of carbonyl (C=O) groups is 1. The van der Waals surface area contributed by atoms with Crippen LogP contribution in [0.3, 0.4) is 0 Å². The minimum Gasteiger partial charge on any atom is -0.409 e. The van der Waals surface area contributed by atoms with E-state index in [0.717, 1.165) is 0 Å². The average Bonchev–Trinajstić information content (AvgIpc) is 2.40. The molecule has 1 atom stereocenters. The Morgan fingerprint density at radius 1 is 1.47 bits per heavy atom. The molecule has 1 aromatic rings. The monoisotopic (exact) mass is 303 g/mol. The summed E-state index contributed by atoms with van der Waals surface area (Å²) in [5, 5.41) is 15.0. The number of carbonyl (C=O) groups excluding carboxylic acids is 1. The maximum atomic E-state index is 12.1. The summed E-state index contributed by atoms with van der Waals surface area (Å²) in [4.78, 5) is 12.1. The summed E-state index contributed by atoms with van der Waals surface area (Å²) >= 11 is 11.6. The Balaban J connectivity index is 2.98. The lowest BCUT2D eigenvalue weighted by atomic mass is 9.97. The molecule has 1 rings (SSSR count). The first-order valence-corrected chi connectivity index (χ1v) is 6.35. The summed E-state index contributed by atoms with van der Waals surface area (Å²) in [6.45, 7) is 3.48. The maximum Gasteiger partial charge on any atom is 0.252 e. The van der Waals surface area contributed by atoms with Gasteiger partial charge in [0.25, 0.3) is 5.91 Å². The zero-order valence-electron chi connectivity index (χ0n) is 10.6. The first-order chi connectivity index (χ1) is 8.84. The molecule has 0 aliphatic rings. The first-order valence-electron chi connectivity index (χ1n) is 5.59. The van der Waals surface area contributed by atoms with E-state index in [2.05, 4.69) is 10.5 Å². The number of oxime groups is 1. The second-order valence-electron chi connectivity index (χ2n) is 4.25. The lowest BCUT2D eigenvalue weighted by Crippen LogP contribution is -2.55. The second kappa shape index (κ2) is 6.12. The highest BCUT2D eigenvalue weighted by Crippen LogP contribution is 2.23. The molecule has 0 heterocycles. The van der Waals surface area contributed by atoms with E-state index in [-0.39, 0.29) is 16.8 Å². The van der Waals surface area contributed by atoms with Crippen molar-refractivity contribution in [2.75, 3.05) is 0 Å². The standard InChI is InChI=1S/C12H15Cl2N3O2/c1-3-12(2,11(15)17-19)16-10(18)7-4-5-8(13)9(14)6-7/h4-6,19H,3H2,1-2H3,(H2,15,17)(H,16,18). The van der Waals surface area contributed by atoms with Gasteiger partial charge >= 0.3 is 0 Å². The molecular weight excluding hydrogens is 289 g/mol. The average molecular weight is 304 g/mol. The highest BCUT2D eigenvalue weighted by atomic mass is 35.5. The van der Waals surface area contributed by atoms with Crippen molar-refractivity contribution in [3.63, 3.8) is 0 Å². The molecule has 104 valence electrons. The minimum absolute atomic E-state index is 0.0663. The molecule has 0 fully saturated rings. The van der Waals surface area contributed by atoms with Crippen molar-refractivity contribution in [3.8, 4) is 0 Å². The molecule has 0 aliphatic heterocycles. The van der Waals surface area contributed by atoms with E-state index >= 15 is 0 Å². The number of hydrogen-bond acceptors (Lipinski definition) is 3. The van der Waals surface area contributed by atoms with Gasteiger partial charge in [0.2, 0.25) is 0 Å². The van der Waals surface area contributed by atoms with Gasteiger partial charge in [0, 0.05) is 5.56 Å². The van der Waals surface area contributed by atoms with E-state index in [1.165, 1.54) is 12.1 Å². The first kappa shape index (κ1) is 15.6. The van der Waals surface area contributed by atoms with Crippen LogP contribution in [0.2, 0.25) is 10.0 Å². The van der Waals surface area contributed by atoms with Gasteiger partial charge in [-0.2, -0.15) is 0 Å². The van der Waals surface area contributed by atoms with Crippen LogP contribution < -0.4 is 11.1 Å². The van der Waals surface area contributed by atoms with Gasteiger partial charge in [-0.3, -0.25) is 4.79 Å². The molecule has 4 N–H and O–H groups in total. The van der Waals surface area contributed by atoms with Crippen LogP contribution in [0.1, 0.15) is 30.6 Å². The van der Waals surface area contributed by atoms with Crippen LogP contribution in [0.25, 0.3) is 0 Å². The van der Waals surface area contributed by atoms with Crippen molar-refractivity contribution in [2.45, 2.75) is 25.8 Å². The Bertz CT molecular complexity index is 520. The predicted molar refractivity (Wildman–Crippen MR) is 76.0 cm³/mol. The van der Waals surface area contributed by atoms with E-state index in [9.17, 15) is 4.79 Å². The molecule has 5 nitrogen and oxygen atoms in total. The fourth-order valence-corrected chi connectivity index (χ4v) is 1.70. The molecule has 0 radical (unpaired) electrons. The number of hydrogen-bond donors (Lipinski definition) is 3. The van der Waals surface area contributed by atoms with Crippen molar-refractivity contribution < 1.29 is 10.0 Å². The third-order valence-electron chi connectivity index (χ3n) is 2.95. The molecule has 0 spiro atoms. The highest BCUT2D eigenvalue weighted by Gasteiger charge is 2.30. The Hall–Kier alpha value is -1.46. The largest absolute Gasteiger partial charge is 0.409 e. The Morgan fingerprint density at radius 3 is 2.58 bits per heavy atom. The minimum atomic E-state index is -0.933. The molecule has 1 unspecified atom stereocenters. The quantitative estimate of drug-likeness (QED) is 0.346. The molecule has 7 heteroatoms. The smallest absolute Gasteiger partial charge is 0.252 e. The van der Waals surface area contributed by atoms with Crippen LogP contribution in [-0.2, 0) is 0 Å². The lowest BCUT2D eigenvalue weighted by molar-refractivity contribution is 0.0925. The van der Waals surface area contributed by atoms with E-state index in [1.54, 1.807) is 13.0 Å². The Labute approximate surface area is 121 Å². The summed E-state index contributed by atoms with van der Waals surface area (Å²) in [6, 6.07) is 4.54. The van der Waals surface area contributed by atoms with E-state index in [1.807, 2.05) is 6.92 Å². The number of nitrogens with zero attached hydrogens (tertiary/aromatic N) is 1. The predicted octanol–water partition coefficient (Wildman–Crippen LogP) is 2.64. The Morgan fingerprint density at radius 2 is 2.11 bits per heavy atom. The van der Waals surface area contributed by atoms with Gasteiger partial charge in [0.1, 0.15) is 0 Å². The van der Waals surface area contributed by atoms with Gasteiger partial charge in [-0.15, -0.1) is 0 Å². The highest BCUT2D eigenvalue weighted by molar-refractivity contribution is 6.42. The number of halogens is 2. The zero-order valence-corrected chi connectivity index (χ0v) is 12.1. The lowest BCUT2D eigenvalue weighted by Gasteiger charge is -2.28. The van der Waals surface area contributed by atoms with Gasteiger partial charge in [-0.1, -0.05) is 35.3 Å². The normalized spacial score (nSPS) is 14.8. The molecular formula is C12H15Cl2N3O2. The van der Waals surface area contributed by atoms with Crippen LogP contribution in [0.5, 0.6) is 0 Å². The van der Waals surface area contributed by atoms with Gasteiger partial charge in [-0.25, -0.2) is 0 Å². The summed E-state index contributed by atoms with van der Waals surface area (Å²) in [5.41, 5.74) is 4.99. The summed E-state index contributed by atoms with van der Waals surface area (Å²) in [5.74, 6) is -0.446. The van der Waals surface area contributed by atoms with Crippen LogP contribution in [-0.4, -0.2) is 22.5 Å². The fraction of sp³-hybridized carbons (Fsp3) is 0.333. The van der Waals surface area contributed by atoms with Crippen LogP contribution in [0.4, 0.5) is 0 Å². The van der Waals surface area contributed by atoms with Gasteiger partial charge in [0.05, 0.1) is 15.6 Å². The molecule has 0 aromatic heterocycles. The summed E-state index contributed by atoms with van der Waals surface area (Å²) < 4.78 is 0. The molecule has 0 aliphatic carbocycles. The molecule has 0 saturated heterocycles. The maximum absolute atomic E-state index is 12.1. The van der Waals surface area contributed by atoms with Gasteiger partial charge in [-0.05, 0) is 31.5 Å². The zero-order chi connectivity index (χ0) is 14.6. The second-order valence-corrected chi connectivity index (χ2v) is 5.07. The van der Waals surface area contributed by atoms with Crippen molar-refractivity contribution in [1.82, 2.24) is 5.32 Å². The molecule has 1 aromatic carbocycles. The van der Waals surface area contributed by atoms with Crippen molar-refractivity contribution in [3.05, 3.63) is 33.8 Å². The van der Waals surface area contributed by atoms with Crippen molar-refractivity contribution >= 4 is 34.9 Å².